The summed E-state index contributed by atoms with van der Waals surface area (Å²) in [6, 6.07) is 13.3. The Labute approximate surface area is 194 Å². The maximum atomic E-state index is 14.2. The lowest BCUT2D eigenvalue weighted by atomic mass is 9.93. The number of piperidine rings is 1. The van der Waals surface area contributed by atoms with Gasteiger partial charge in [0, 0.05) is 30.3 Å². The molecule has 1 unspecified atom stereocenters. The first kappa shape index (κ1) is 22.1. The lowest BCUT2D eigenvalue weighted by molar-refractivity contribution is 0.129. The van der Waals surface area contributed by atoms with E-state index in [1.54, 1.807) is 18.2 Å². The minimum Gasteiger partial charge on any atom is -0.507 e. The van der Waals surface area contributed by atoms with Crippen LogP contribution < -0.4 is 0 Å². The van der Waals surface area contributed by atoms with Crippen LogP contribution in [0, 0.1) is 5.92 Å². The third-order valence-corrected chi connectivity index (χ3v) is 7.00. The molecule has 33 heavy (non-hydrogen) atoms. The van der Waals surface area contributed by atoms with Crippen molar-refractivity contribution in [1.82, 2.24) is 9.80 Å². The summed E-state index contributed by atoms with van der Waals surface area (Å²) < 4.78 is 28.5. The van der Waals surface area contributed by atoms with Gasteiger partial charge in [0.25, 0.3) is 6.43 Å². The molecule has 2 heterocycles. The Balaban J connectivity index is 1.54. The molecule has 0 radical (unpaired) electrons. The zero-order valence-corrected chi connectivity index (χ0v) is 19.3. The van der Waals surface area contributed by atoms with Crippen molar-refractivity contribution in [2.75, 3.05) is 19.6 Å². The first-order chi connectivity index (χ1) is 15.9. The molecule has 2 aliphatic heterocycles. The molecule has 2 fully saturated rings. The van der Waals surface area contributed by atoms with Gasteiger partial charge in [-0.3, -0.25) is 0 Å². The Bertz CT molecular complexity index is 1100. The fraction of sp³-hybridized carbons (Fsp3) is 0.444. The zero-order valence-electron chi connectivity index (χ0n) is 19.3. The van der Waals surface area contributed by atoms with Crippen molar-refractivity contribution >= 4 is 17.2 Å². The molecule has 6 heteroatoms. The van der Waals surface area contributed by atoms with E-state index >= 15 is 0 Å². The number of aliphatic imine (C=N–C) groups is 1. The highest BCUT2D eigenvalue weighted by atomic mass is 19.3. The average molecular weight is 452 g/mol. The third-order valence-electron chi connectivity index (χ3n) is 7.00. The Morgan fingerprint density at radius 2 is 1.88 bits per heavy atom. The van der Waals surface area contributed by atoms with Gasteiger partial charge in [-0.05, 0) is 81.3 Å². The normalized spacial score (nSPS) is 21.0. The van der Waals surface area contributed by atoms with Crippen LogP contribution in [0.5, 0.6) is 5.75 Å². The number of phenolic OH excluding ortho intramolecular Hbond substituents is 1. The summed E-state index contributed by atoms with van der Waals surface area (Å²) in [6.45, 7) is 6.96. The molecule has 0 aromatic heterocycles. The average Bonchev–Trinajstić information content (AvgIpc) is 3.64. The third kappa shape index (κ3) is 4.41. The second-order valence-electron chi connectivity index (χ2n) is 9.68. The SMILES string of the molecule is CC(C)N1CCCC(CN2C(C(F)F)=Nc3ccc(-c4ccccc4O)cc3C2=C2CC2)C1. The summed E-state index contributed by atoms with van der Waals surface area (Å²) >= 11 is 0. The molecule has 3 aliphatic rings. The molecule has 0 amide bonds. The summed E-state index contributed by atoms with van der Waals surface area (Å²) in [5.74, 6) is 0.398. The largest absolute Gasteiger partial charge is 0.507 e. The quantitative estimate of drug-likeness (QED) is 0.580. The van der Waals surface area contributed by atoms with Crippen LogP contribution in [-0.4, -0.2) is 52.8 Å². The van der Waals surface area contributed by atoms with E-state index in [0.717, 1.165) is 61.2 Å². The standard InChI is InChI=1S/C27H31F2N3O/c1-17(2)31-13-5-6-18(15-31)16-32-25(19-9-10-19)22-14-20(21-7-3-4-8-24(21)33)11-12-23(22)30-27(32)26(28)29/h3-4,7-8,11-12,14,17-18,26,33H,5-6,9-10,13,15-16H2,1-2H3. The van der Waals surface area contributed by atoms with Gasteiger partial charge < -0.3 is 14.9 Å². The van der Waals surface area contributed by atoms with E-state index in [1.165, 1.54) is 5.57 Å². The van der Waals surface area contributed by atoms with E-state index in [1.807, 2.05) is 29.2 Å². The van der Waals surface area contributed by atoms with Crippen molar-refractivity contribution in [1.29, 1.82) is 0 Å². The van der Waals surface area contributed by atoms with Gasteiger partial charge in [0.15, 0.2) is 5.84 Å². The summed E-state index contributed by atoms with van der Waals surface area (Å²) in [5, 5.41) is 10.4. The van der Waals surface area contributed by atoms with Gasteiger partial charge >= 0.3 is 0 Å². The van der Waals surface area contributed by atoms with Crippen molar-refractivity contribution in [2.45, 2.75) is 52.0 Å². The highest BCUT2D eigenvalue weighted by Gasteiger charge is 2.37. The van der Waals surface area contributed by atoms with Crippen LogP contribution in [0.15, 0.2) is 53.0 Å². The number of allylic oxidation sites excluding steroid dienone is 1. The topological polar surface area (TPSA) is 39.1 Å². The molecular weight excluding hydrogens is 420 g/mol. The predicted octanol–water partition coefficient (Wildman–Crippen LogP) is 6.30. The summed E-state index contributed by atoms with van der Waals surface area (Å²) in [4.78, 5) is 8.71. The molecule has 2 aromatic carbocycles. The monoisotopic (exact) mass is 451 g/mol. The number of para-hydroxylation sites is 1. The van der Waals surface area contributed by atoms with Crippen LogP contribution in [0.3, 0.4) is 0 Å². The number of hydrogen-bond acceptors (Lipinski definition) is 4. The minimum absolute atomic E-state index is 0.131. The second-order valence-corrected chi connectivity index (χ2v) is 9.68. The minimum atomic E-state index is -2.63. The van der Waals surface area contributed by atoms with Crippen molar-refractivity contribution < 1.29 is 13.9 Å². The van der Waals surface area contributed by atoms with Gasteiger partial charge in [-0.25, -0.2) is 13.8 Å². The number of nitrogens with zero attached hydrogens (tertiary/aromatic N) is 3. The van der Waals surface area contributed by atoms with Gasteiger partial charge in [-0.2, -0.15) is 0 Å². The van der Waals surface area contributed by atoms with Crippen molar-refractivity contribution in [3.63, 3.8) is 0 Å². The van der Waals surface area contributed by atoms with E-state index < -0.39 is 6.43 Å². The lowest BCUT2D eigenvalue weighted by Crippen LogP contribution is -2.46. The van der Waals surface area contributed by atoms with Crippen LogP contribution >= 0.6 is 0 Å². The molecule has 1 saturated carbocycles. The fourth-order valence-corrected chi connectivity index (χ4v) is 5.16. The molecule has 1 aliphatic carbocycles. The zero-order chi connectivity index (χ0) is 23.1. The van der Waals surface area contributed by atoms with E-state index in [0.29, 0.717) is 24.2 Å². The number of fused-ring (bicyclic) bond motifs is 1. The van der Waals surface area contributed by atoms with E-state index in [-0.39, 0.29) is 11.6 Å². The molecule has 0 spiro atoms. The number of rotatable bonds is 5. The van der Waals surface area contributed by atoms with E-state index in [2.05, 4.69) is 23.7 Å². The summed E-state index contributed by atoms with van der Waals surface area (Å²) in [5.41, 5.74) is 5.21. The maximum Gasteiger partial charge on any atom is 0.295 e. The molecule has 1 N–H and O–H groups in total. The Morgan fingerprint density at radius 3 is 2.58 bits per heavy atom. The van der Waals surface area contributed by atoms with Crippen LogP contribution in [0.1, 0.15) is 45.1 Å². The molecule has 1 saturated heterocycles. The van der Waals surface area contributed by atoms with Crippen LogP contribution in [-0.2, 0) is 0 Å². The molecule has 5 rings (SSSR count). The number of likely N-dealkylation sites (tertiary alicyclic amines) is 1. The molecular formula is C27H31F2N3O. The maximum absolute atomic E-state index is 14.2. The number of phenols is 1. The molecule has 4 nitrogen and oxygen atoms in total. The smallest absolute Gasteiger partial charge is 0.295 e. The van der Waals surface area contributed by atoms with Gasteiger partial charge in [0.05, 0.1) is 11.4 Å². The fourth-order valence-electron chi connectivity index (χ4n) is 5.16. The number of aromatic hydroxyl groups is 1. The van der Waals surface area contributed by atoms with Gasteiger partial charge in [-0.1, -0.05) is 24.3 Å². The van der Waals surface area contributed by atoms with Crippen LogP contribution in [0.4, 0.5) is 14.5 Å². The first-order valence-electron chi connectivity index (χ1n) is 12.0. The summed E-state index contributed by atoms with van der Waals surface area (Å²) in [7, 11) is 0. The van der Waals surface area contributed by atoms with Gasteiger partial charge in [0.1, 0.15) is 5.75 Å². The predicted molar refractivity (Wildman–Crippen MR) is 129 cm³/mol. The number of alkyl halides is 2. The van der Waals surface area contributed by atoms with Gasteiger partial charge in [-0.15, -0.1) is 0 Å². The number of amidine groups is 1. The van der Waals surface area contributed by atoms with E-state index in [4.69, 9.17) is 0 Å². The first-order valence-corrected chi connectivity index (χ1v) is 12.0. The van der Waals surface area contributed by atoms with Gasteiger partial charge in [0.2, 0.25) is 0 Å². The molecule has 174 valence electrons. The Hall–Kier alpha value is -2.73. The summed E-state index contributed by atoms with van der Waals surface area (Å²) in [6.07, 6.45) is 1.38. The molecule has 2 aromatic rings. The van der Waals surface area contributed by atoms with Crippen molar-refractivity contribution in [2.24, 2.45) is 10.9 Å². The highest BCUT2D eigenvalue weighted by molar-refractivity contribution is 6.01. The number of benzene rings is 2. The Morgan fingerprint density at radius 1 is 1.09 bits per heavy atom. The lowest BCUT2D eigenvalue weighted by Gasteiger charge is -2.40. The molecule has 1 atom stereocenters. The molecule has 0 bridgehead atoms. The van der Waals surface area contributed by atoms with Crippen molar-refractivity contribution in [3.8, 4) is 16.9 Å². The van der Waals surface area contributed by atoms with E-state index in [9.17, 15) is 13.9 Å². The van der Waals surface area contributed by atoms with Crippen LogP contribution in [0.2, 0.25) is 0 Å². The number of halogens is 2. The second kappa shape index (κ2) is 8.90. The van der Waals surface area contributed by atoms with Crippen LogP contribution in [0.25, 0.3) is 16.8 Å². The Kier molecular flexibility index (Phi) is 5.95. The highest BCUT2D eigenvalue weighted by Crippen LogP contribution is 2.46. The number of hydrogen-bond donors (Lipinski definition) is 1. The van der Waals surface area contributed by atoms with Crippen molar-refractivity contribution in [3.05, 3.63) is 53.6 Å².